The number of ether oxygens (including phenoxy) is 1. The number of phenolic OH excluding ortho intramolecular Hbond substituents is 1. The molecule has 0 fully saturated rings. The summed E-state index contributed by atoms with van der Waals surface area (Å²) in [6, 6.07) is 10.3. The van der Waals surface area contributed by atoms with Crippen molar-refractivity contribution in [2.75, 3.05) is 12.0 Å². The molecule has 1 N–H and O–H groups in total. The van der Waals surface area contributed by atoms with Crippen molar-refractivity contribution in [3.8, 4) is 5.75 Å². The summed E-state index contributed by atoms with van der Waals surface area (Å²) >= 11 is 6.08. The Morgan fingerprint density at radius 1 is 1.19 bits per heavy atom. The van der Waals surface area contributed by atoms with E-state index in [1.54, 1.807) is 18.2 Å². The maximum atomic E-state index is 14.9. The Labute approximate surface area is 179 Å². The lowest BCUT2D eigenvalue weighted by molar-refractivity contribution is -0.137. The van der Waals surface area contributed by atoms with Crippen LogP contribution in [0, 0.1) is 5.82 Å². The highest BCUT2D eigenvalue weighted by atomic mass is 35.5. The fraction of sp³-hybridized carbons (Fsp3) is 0.143. The summed E-state index contributed by atoms with van der Waals surface area (Å²) in [5, 5.41) is 9.73. The van der Waals surface area contributed by atoms with Crippen molar-refractivity contribution in [3.05, 3.63) is 82.3 Å². The largest absolute Gasteiger partial charge is 0.508 e. The lowest BCUT2D eigenvalue weighted by atomic mass is 10.1. The summed E-state index contributed by atoms with van der Waals surface area (Å²) in [5.74, 6) is -1.90. The highest BCUT2D eigenvalue weighted by Gasteiger charge is 2.32. The molecule has 0 amide bonds. The molecule has 162 valence electrons. The minimum atomic E-state index is -4.66. The molecule has 0 aliphatic heterocycles. The number of aromatic hydroxyl groups is 1. The fourth-order valence-corrected chi connectivity index (χ4v) is 3.11. The van der Waals surface area contributed by atoms with E-state index < -0.39 is 23.5 Å². The van der Waals surface area contributed by atoms with Gasteiger partial charge in [-0.15, -0.1) is 0 Å². The number of nitrogens with zero attached hydrogens (tertiary/aromatic N) is 2. The van der Waals surface area contributed by atoms with Gasteiger partial charge in [-0.3, -0.25) is 0 Å². The molecule has 0 aliphatic rings. The van der Waals surface area contributed by atoms with Crippen molar-refractivity contribution < 1.29 is 32.2 Å². The number of esters is 1. The highest BCUT2D eigenvalue weighted by molar-refractivity contribution is 6.33. The standard InChI is InChI=1S/C21H15ClF4N2O3/c1-31-20(30)12-6-7-17(16(23)8-12)28(11-13-4-2-3-5-18(13)29)19-15(22)9-14(10-27-19)21(24,25)26/h2-10,29H,11H2,1H3. The molecule has 0 saturated carbocycles. The summed E-state index contributed by atoms with van der Waals surface area (Å²) in [6.07, 6.45) is -4.08. The third-order valence-electron chi connectivity index (χ3n) is 4.38. The van der Waals surface area contributed by atoms with Crippen LogP contribution in [0.15, 0.2) is 54.7 Å². The molecule has 0 aliphatic carbocycles. The van der Waals surface area contributed by atoms with Crippen molar-refractivity contribution >= 4 is 29.1 Å². The number of alkyl halides is 3. The number of pyridine rings is 1. The average molecular weight is 455 g/mol. The molecule has 0 bridgehead atoms. The number of carbonyl (C=O) groups is 1. The van der Waals surface area contributed by atoms with Crippen molar-refractivity contribution in [2.45, 2.75) is 12.7 Å². The van der Waals surface area contributed by atoms with E-state index >= 15 is 0 Å². The summed E-state index contributed by atoms with van der Waals surface area (Å²) in [4.78, 5) is 16.7. The van der Waals surface area contributed by atoms with E-state index in [2.05, 4.69) is 9.72 Å². The number of halogens is 5. The number of hydrogen-bond acceptors (Lipinski definition) is 5. The van der Waals surface area contributed by atoms with E-state index in [1.807, 2.05) is 0 Å². The van der Waals surface area contributed by atoms with Gasteiger partial charge < -0.3 is 14.7 Å². The minimum absolute atomic E-state index is 0.0577. The summed E-state index contributed by atoms with van der Waals surface area (Å²) in [7, 11) is 1.14. The Morgan fingerprint density at radius 2 is 1.90 bits per heavy atom. The summed E-state index contributed by atoms with van der Waals surface area (Å²) in [5.41, 5.74) is -0.898. The molecule has 3 aromatic rings. The molecular weight excluding hydrogens is 440 g/mol. The number of rotatable bonds is 5. The van der Waals surface area contributed by atoms with Gasteiger partial charge in [0.25, 0.3) is 0 Å². The van der Waals surface area contributed by atoms with Gasteiger partial charge in [0.2, 0.25) is 0 Å². The van der Waals surface area contributed by atoms with E-state index in [-0.39, 0.29) is 34.4 Å². The SMILES string of the molecule is COC(=O)c1ccc(N(Cc2ccccc2O)c2ncc(C(F)(F)F)cc2Cl)c(F)c1. The number of anilines is 2. The normalized spacial score (nSPS) is 11.3. The van der Waals surface area contributed by atoms with E-state index in [4.69, 9.17) is 11.6 Å². The lowest BCUT2D eigenvalue weighted by Crippen LogP contribution is -2.20. The van der Waals surface area contributed by atoms with E-state index in [0.717, 1.165) is 13.2 Å². The maximum absolute atomic E-state index is 14.9. The van der Waals surface area contributed by atoms with Gasteiger partial charge in [0.1, 0.15) is 11.6 Å². The molecule has 3 rings (SSSR count). The first-order valence-electron chi connectivity index (χ1n) is 8.77. The van der Waals surface area contributed by atoms with Gasteiger partial charge in [0, 0.05) is 11.8 Å². The van der Waals surface area contributed by atoms with E-state index in [1.165, 1.54) is 23.1 Å². The summed E-state index contributed by atoms with van der Waals surface area (Å²) in [6.45, 7) is -0.167. The average Bonchev–Trinajstić information content (AvgIpc) is 2.72. The quantitative estimate of drug-likeness (QED) is 0.394. The molecule has 1 aromatic heterocycles. The van der Waals surface area contributed by atoms with Crippen LogP contribution in [0.5, 0.6) is 5.75 Å². The smallest absolute Gasteiger partial charge is 0.417 e. The molecule has 0 spiro atoms. The van der Waals surface area contributed by atoms with Gasteiger partial charge in [0.05, 0.1) is 35.5 Å². The Hall–Kier alpha value is -3.33. The number of phenols is 1. The Balaban J connectivity index is 2.12. The van der Waals surface area contributed by atoms with Crippen LogP contribution >= 0.6 is 11.6 Å². The molecule has 0 radical (unpaired) electrons. The zero-order chi connectivity index (χ0) is 22.8. The third-order valence-corrected chi connectivity index (χ3v) is 4.66. The maximum Gasteiger partial charge on any atom is 0.417 e. The van der Waals surface area contributed by atoms with Crippen LogP contribution in [-0.2, 0) is 17.5 Å². The molecule has 5 nitrogen and oxygen atoms in total. The second-order valence-corrected chi connectivity index (χ2v) is 6.81. The van der Waals surface area contributed by atoms with Gasteiger partial charge in [-0.1, -0.05) is 29.8 Å². The van der Waals surface area contributed by atoms with Gasteiger partial charge in [-0.05, 0) is 30.3 Å². The molecule has 31 heavy (non-hydrogen) atoms. The van der Waals surface area contributed by atoms with Crippen LogP contribution in [0.1, 0.15) is 21.5 Å². The van der Waals surface area contributed by atoms with Crippen LogP contribution in [0.3, 0.4) is 0 Å². The Kier molecular flexibility index (Phi) is 6.35. The van der Waals surface area contributed by atoms with Crippen molar-refractivity contribution in [2.24, 2.45) is 0 Å². The van der Waals surface area contributed by atoms with Gasteiger partial charge in [-0.2, -0.15) is 13.2 Å². The Bertz CT molecular complexity index is 1120. The zero-order valence-electron chi connectivity index (χ0n) is 16.0. The third kappa shape index (κ3) is 4.88. The van der Waals surface area contributed by atoms with Gasteiger partial charge in [0.15, 0.2) is 5.82 Å². The van der Waals surface area contributed by atoms with Crippen LogP contribution in [0.2, 0.25) is 5.02 Å². The topological polar surface area (TPSA) is 62.7 Å². The predicted molar refractivity (Wildman–Crippen MR) is 106 cm³/mol. The van der Waals surface area contributed by atoms with Crippen molar-refractivity contribution in [1.29, 1.82) is 0 Å². The monoisotopic (exact) mass is 454 g/mol. The molecule has 0 saturated heterocycles. The molecule has 2 aromatic carbocycles. The van der Waals surface area contributed by atoms with Gasteiger partial charge in [-0.25, -0.2) is 14.2 Å². The second-order valence-electron chi connectivity index (χ2n) is 6.40. The number of para-hydroxylation sites is 1. The first-order valence-corrected chi connectivity index (χ1v) is 9.14. The van der Waals surface area contributed by atoms with E-state index in [9.17, 15) is 27.5 Å². The molecular formula is C21H15ClF4N2O3. The minimum Gasteiger partial charge on any atom is -0.508 e. The van der Waals surface area contributed by atoms with Crippen LogP contribution in [0.25, 0.3) is 0 Å². The number of methoxy groups -OCH3 is 1. The molecule has 0 atom stereocenters. The van der Waals surface area contributed by atoms with Crippen molar-refractivity contribution in [1.82, 2.24) is 4.98 Å². The second kappa shape index (κ2) is 8.81. The number of carbonyl (C=O) groups excluding carboxylic acids is 1. The van der Waals surface area contributed by atoms with Crippen LogP contribution in [0.4, 0.5) is 29.1 Å². The van der Waals surface area contributed by atoms with Crippen molar-refractivity contribution in [3.63, 3.8) is 0 Å². The van der Waals surface area contributed by atoms with E-state index in [0.29, 0.717) is 17.8 Å². The van der Waals surface area contributed by atoms with Gasteiger partial charge >= 0.3 is 12.1 Å². The number of benzene rings is 2. The number of hydrogen-bond donors (Lipinski definition) is 1. The fourth-order valence-electron chi connectivity index (χ4n) is 2.84. The van der Waals surface area contributed by atoms with Crippen LogP contribution in [-0.4, -0.2) is 23.2 Å². The zero-order valence-corrected chi connectivity index (χ0v) is 16.7. The molecule has 1 heterocycles. The lowest BCUT2D eigenvalue weighted by Gasteiger charge is -2.26. The molecule has 0 unspecified atom stereocenters. The highest BCUT2D eigenvalue weighted by Crippen LogP contribution is 2.38. The predicted octanol–water partition coefficient (Wildman–Crippen LogP) is 5.72. The first kappa shape index (κ1) is 22.4. The molecule has 10 heteroatoms. The summed E-state index contributed by atoms with van der Waals surface area (Å²) < 4.78 is 58.5. The number of aromatic nitrogens is 1. The van der Waals surface area contributed by atoms with Crippen LogP contribution < -0.4 is 4.90 Å². The first-order chi connectivity index (χ1) is 14.6. The Morgan fingerprint density at radius 3 is 2.48 bits per heavy atom.